The fourth-order valence-electron chi connectivity index (χ4n) is 10.3. The van der Waals surface area contributed by atoms with E-state index in [4.69, 9.17) is 18.9 Å². The highest BCUT2D eigenvalue weighted by molar-refractivity contribution is 5.70. The lowest BCUT2D eigenvalue weighted by Crippen LogP contribution is -2.44. The normalized spacial score (nSPS) is 13.1. The highest BCUT2D eigenvalue weighted by Crippen LogP contribution is 2.18. The van der Waals surface area contributed by atoms with Crippen LogP contribution in [0.4, 0.5) is 0 Å². The summed E-state index contributed by atoms with van der Waals surface area (Å²) in [7, 11) is 5.94. The molecule has 84 heavy (non-hydrogen) atoms. The van der Waals surface area contributed by atoms with Crippen molar-refractivity contribution >= 4 is 17.9 Å². The van der Waals surface area contributed by atoms with Crippen LogP contribution in [0.15, 0.2) is 72.9 Å². The summed E-state index contributed by atoms with van der Waals surface area (Å²) < 4.78 is 22.8. The molecule has 9 nitrogen and oxygen atoms in total. The van der Waals surface area contributed by atoms with Crippen molar-refractivity contribution in [3.63, 3.8) is 0 Å². The molecule has 0 fully saturated rings. The number of rotatable bonds is 66. The van der Waals surface area contributed by atoms with Gasteiger partial charge in [0.2, 0.25) is 0 Å². The minimum Gasteiger partial charge on any atom is -0.545 e. The molecule has 0 aliphatic heterocycles. The van der Waals surface area contributed by atoms with Gasteiger partial charge in [0, 0.05) is 12.8 Å². The Labute approximate surface area is 519 Å². The highest BCUT2D eigenvalue weighted by atomic mass is 16.7. The van der Waals surface area contributed by atoms with Gasteiger partial charge < -0.3 is 33.3 Å². The molecule has 0 aliphatic rings. The zero-order valence-corrected chi connectivity index (χ0v) is 55.8. The molecule has 0 radical (unpaired) electrons. The summed E-state index contributed by atoms with van der Waals surface area (Å²) in [5, 5.41) is 11.8. The molecule has 488 valence electrons. The molecule has 0 aromatic carbocycles. The third-order valence-electron chi connectivity index (χ3n) is 15.7. The number of allylic oxidation sites excluding steroid dienone is 12. The standard InChI is InChI=1S/C75H135NO8/c1-6-8-10-12-14-16-18-20-22-24-26-28-30-32-34-35-36-37-38-39-40-42-44-46-48-50-52-54-56-58-60-62-64-66-73(78)84-71(70-83-75(74(79)80)81-68-67-76(3,4)5)69-82-72(77)65-63-61-59-57-55-53-51-49-47-45-43-41-33-31-29-27-25-23-21-19-17-15-13-11-9-7-2/h8,10,14,16,20,22,26,28,32,34,36-37,71,75H,6-7,9,11-13,15,17-19,21,23-25,27,29-31,33,35,38-70H2,1-5H3/b10-8-,16-14-,22-20-,28-26-,34-32-,37-36-. The van der Waals surface area contributed by atoms with Gasteiger partial charge in [-0.2, -0.15) is 0 Å². The average molecular weight is 1180 g/mol. The van der Waals surface area contributed by atoms with Crippen LogP contribution >= 0.6 is 0 Å². The molecule has 0 saturated carbocycles. The fourth-order valence-corrected chi connectivity index (χ4v) is 10.3. The molecule has 0 heterocycles. The largest absolute Gasteiger partial charge is 0.545 e. The number of aliphatic carboxylic acids is 1. The first-order valence-corrected chi connectivity index (χ1v) is 35.6. The molecule has 2 atom stereocenters. The first-order chi connectivity index (χ1) is 41.1. The molecular weight excluding hydrogens is 1040 g/mol. The molecule has 0 N–H and O–H groups in total. The van der Waals surface area contributed by atoms with E-state index in [1.54, 1.807) is 0 Å². The van der Waals surface area contributed by atoms with E-state index < -0.39 is 24.3 Å². The molecule has 0 spiro atoms. The van der Waals surface area contributed by atoms with Crippen LogP contribution in [0.2, 0.25) is 0 Å². The minimum absolute atomic E-state index is 0.148. The van der Waals surface area contributed by atoms with E-state index in [1.165, 1.54) is 218 Å². The second-order valence-corrected chi connectivity index (χ2v) is 25.2. The Balaban J connectivity index is 4.09. The summed E-state index contributed by atoms with van der Waals surface area (Å²) in [5.74, 6) is -2.26. The molecule has 0 aliphatic carbocycles. The Morgan fingerprint density at radius 2 is 0.679 bits per heavy atom. The Morgan fingerprint density at radius 3 is 1.01 bits per heavy atom. The molecule has 2 unspecified atom stereocenters. The van der Waals surface area contributed by atoms with Gasteiger partial charge in [0.15, 0.2) is 12.4 Å². The highest BCUT2D eigenvalue weighted by Gasteiger charge is 2.22. The van der Waals surface area contributed by atoms with Crippen molar-refractivity contribution in [2.45, 2.75) is 341 Å². The SMILES string of the molecule is CC/C=C\C/C=C\C/C=C\C/C=C\C/C=C\C/C=C\CCCCCCCCCCCCCCCCC(=O)OC(COC(=O)CCCCCCCCCCCCCCCCCCCCCCCCCCCC)COC(OCC[N+](C)(C)C)C(=O)[O-]. The van der Waals surface area contributed by atoms with Crippen LogP contribution in [0, 0.1) is 0 Å². The number of unbranched alkanes of at least 4 members (excludes halogenated alkanes) is 39. The van der Waals surface area contributed by atoms with Crippen LogP contribution < -0.4 is 5.11 Å². The van der Waals surface area contributed by atoms with Crippen molar-refractivity contribution < 1.29 is 42.9 Å². The maximum absolute atomic E-state index is 12.9. The Morgan fingerprint density at radius 1 is 0.369 bits per heavy atom. The van der Waals surface area contributed by atoms with Crippen molar-refractivity contribution in [1.29, 1.82) is 0 Å². The van der Waals surface area contributed by atoms with E-state index in [0.29, 0.717) is 23.9 Å². The Bertz CT molecular complexity index is 1610. The van der Waals surface area contributed by atoms with Crippen molar-refractivity contribution in [1.82, 2.24) is 0 Å². The predicted molar refractivity (Wildman–Crippen MR) is 357 cm³/mol. The third-order valence-corrected chi connectivity index (χ3v) is 15.7. The van der Waals surface area contributed by atoms with E-state index in [0.717, 1.165) is 77.0 Å². The molecule has 0 amide bonds. The number of carboxylic acids is 1. The monoisotopic (exact) mass is 1180 g/mol. The number of carboxylic acid groups (broad SMARTS) is 1. The predicted octanol–water partition coefficient (Wildman–Crippen LogP) is 20.7. The van der Waals surface area contributed by atoms with Crippen molar-refractivity contribution in [3.8, 4) is 0 Å². The zero-order chi connectivity index (χ0) is 61.2. The molecule has 0 aromatic heterocycles. The van der Waals surface area contributed by atoms with E-state index in [9.17, 15) is 19.5 Å². The van der Waals surface area contributed by atoms with Crippen molar-refractivity contribution in [2.24, 2.45) is 0 Å². The van der Waals surface area contributed by atoms with E-state index in [1.807, 2.05) is 21.1 Å². The van der Waals surface area contributed by atoms with Gasteiger partial charge in [-0.25, -0.2) is 0 Å². The first-order valence-electron chi connectivity index (χ1n) is 35.6. The van der Waals surface area contributed by atoms with Crippen molar-refractivity contribution in [3.05, 3.63) is 72.9 Å². The number of nitrogens with zero attached hydrogens (tertiary/aromatic N) is 1. The van der Waals surface area contributed by atoms with Gasteiger partial charge in [0.05, 0.1) is 40.3 Å². The molecular formula is C75H135NO8. The number of esters is 2. The van der Waals surface area contributed by atoms with E-state index in [2.05, 4.69) is 86.8 Å². The topological polar surface area (TPSA) is 111 Å². The summed E-state index contributed by atoms with van der Waals surface area (Å²) in [4.78, 5) is 37.5. The lowest BCUT2D eigenvalue weighted by molar-refractivity contribution is -0.870. The van der Waals surface area contributed by atoms with Gasteiger partial charge in [-0.3, -0.25) is 9.59 Å². The average Bonchev–Trinajstić information content (AvgIpc) is 3.51. The second-order valence-electron chi connectivity index (χ2n) is 25.2. The zero-order valence-electron chi connectivity index (χ0n) is 55.8. The summed E-state index contributed by atoms with van der Waals surface area (Å²) >= 11 is 0. The van der Waals surface area contributed by atoms with Gasteiger partial charge in [0.1, 0.15) is 13.2 Å². The summed E-state index contributed by atoms with van der Waals surface area (Å²) in [6, 6.07) is 0. The number of ether oxygens (including phenoxy) is 4. The molecule has 0 bridgehead atoms. The van der Waals surface area contributed by atoms with Crippen molar-refractivity contribution in [2.75, 3.05) is 47.5 Å². The number of carbonyl (C=O) groups excluding carboxylic acids is 3. The van der Waals surface area contributed by atoms with Gasteiger partial charge in [-0.15, -0.1) is 0 Å². The number of quaternary nitrogens is 1. The number of carbonyl (C=O) groups is 3. The number of hydrogen-bond acceptors (Lipinski definition) is 8. The Hall–Kier alpha value is -3.27. The molecule has 9 heteroatoms. The molecule has 0 aromatic rings. The molecule has 0 saturated heterocycles. The summed E-state index contributed by atoms with van der Waals surface area (Å²) in [5.41, 5.74) is 0. The van der Waals surface area contributed by atoms with Crippen LogP contribution in [0.3, 0.4) is 0 Å². The molecule has 0 rings (SSSR count). The van der Waals surface area contributed by atoms with Crippen LogP contribution in [0.5, 0.6) is 0 Å². The second kappa shape index (κ2) is 65.7. The fraction of sp³-hybridized carbons (Fsp3) is 0.800. The maximum Gasteiger partial charge on any atom is 0.306 e. The Kier molecular flexibility index (Phi) is 63.1. The minimum atomic E-state index is -1.62. The quantitative estimate of drug-likeness (QED) is 0.0195. The lowest BCUT2D eigenvalue weighted by atomic mass is 10.0. The smallest absolute Gasteiger partial charge is 0.306 e. The van der Waals surface area contributed by atoms with Crippen LogP contribution in [-0.2, 0) is 33.3 Å². The van der Waals surface area contributed by atoms with Crippen LogP contribution in [-0.4, -0.2) is 82.3 Å². The summed E-state index contributed by atoms with van der Waals surface area (Å²) in [6.07, 6.45) is 84.1. The van der Waals surface area contributed by atoms with Gasteiger partial charge >= 0.3 is 11.9 Å². The van der Waals surface area contributed by atoms with Crippen LogP contribution in [0.1, 0.15) is 328 Å². The lowest BCUT2D eigenvalue weighted by Gasteiger charge is -2.26. The van der Waals surface area contributed by atoms with Gasteiger partial charge in [-0.1, -0.05) is 324 Å². The number of likely N-dealkylation sites (N-methyl/N-ethyl adjacent to an activating group) is 1. The van der Waals surface area contributed by atoms with Crippen LogP contribution in [0.25, 0.3) is 0 Å². The first kappa shape index (κ1) is 80.7. The van der Waals surface area contributed by atoms with Gasteiger partial charge in [0.25, 0.3) is 0 Å². The van der Waals surface area contributed by atoms with E-state index >= 15 is 0 Å². The summed E-state index contributed by atoms with van der Waals surface area (Å²) in [6.45, 7) is 4.69. The maximum atomic E-state index is 12.9. The van der Waals surface area contributed by atoms with E-state index in [-0.39, 0.29) is 32.2 Å². The number of hydrogen-bond donors (Lipinski definition) is 0. The third kappa shape index (κ3) is 66.3. The van der Waals surface area contributed by atoms with Gasteiger partial charge in [-0.05, 0) is 64.2 Å².